The van der Waals surface area contributed by atoms with Gasteiger partial charge in [0.1, 0.15) is 5.84 Å². The molecule has 3 heteroatoms. The fraction of sp³-hybridized carbons (Fsp3) is 0.714. The Morgan fingerprint density at radius 1 is 1.50 bits per heavy atom. The Kier molecular flexibility index (Phi) is 4.54. The summed E-state index contributed by atoms with van der Waals surface area (Å²) >= 11 is 0. The molecule has 0 aromatic heterocycles. The first-order valence-electron chi connectivity index (χ1n) is 3.39. The molecule has 3 nitrogen and oxygen atoms in total. The van der Waals surface area contributed by atoms with Gasteiger partial charge in [-0.05, 0) is 12.8 Å². The predicted molar refractivity (Wildman–Crippen MR) is 45.5 cm³/mol. The van der Waals surface area contributed by atoms with Crippen molar-refractivity contribution in [3.05, 3.63) is 0 Å². The molecule has 0 bridgehead atoms. The fourth-order valence-electron chi connectivity index (χ4n) is 0.330. The van der Waals surface area contributed by atoms with Gasteiger partial charge in [-0.15, -0.1) is 0 Å². The molecule has 0 amide bonds. The Labute approximate surface area is 62.2 Å². The lowest BCUT2D eigenvalue weighted by Crippen LogP contribution is -2.13. The summed E-state index contributed by atoms with van der Waals surface area (Å²) in [6.45, 7) is 6.02. The van der Waals surface area contributed by atoms with E-state index in [1.807, 2.05) is 13.1 Å². The van der Waals surface area contributed by atoms with Crippen molar-refractivity contribution in [2.45, 2.75) is 20.8 Å². The maximum absolute atomic E-state index is 3.94. The van der Waals surface area contributed by atoms with Crippen LogP contribution in [-0.4, -0.2) is 19.1 Å². The second kappa shape index (κ2) is 4.97. The second-order valence-electron chi connectivity index (χ2n) is 2.44. The second-order valence-corrected chi connectivity index (χ2v) is 2.44. The van der Waals surface area contributed by atoms with E-state index in [1.165, 1.54) is 0 Å². The van der Waals surface area contributed by atoms with Crippen molar-refractivity contribution in [3.63, 3.8) is 0 Å². The van der Waals surface area contributed by atoms with Gasteiger partial charge in [-0.2, -0.15) is 5.10 Å². The van der Waals surface area contributed by atoms with E-state index in [4.69, 9.17) is 0 Å². The highest BCUT2D eigenvalue weighted by molar-refractivity contribution is 5.79. The van der Waals surface area contributed by atoms with E-state index >= 15 is 0 Å². The molecule has 58 valence electrons. The van der Waals surface area contributed by atoms with Crippen LogP contribution in [0.1, 0.15) is 20.8 Å². The highest BCUT2D eigenvalue weighted by atomic mass is 15.3. The van der Waals surface area contributed by atoms with Gasteiger partial charge >= 0.3 is 0 Å². The molecule has 0 aliphatic carbocycles. The van der Waals surface area contributed by atoms with Crippen LogP contribution >= 0.6 is 0 Å². The van der Waals surface area contributed by atoms with Gasteiger partial charge in [-0.3, -0.25) is 10.4 Å². The van der Waals surface area contributed by atoms with Crippen LogP contribution in [-0.2, 0) is 0 Å². The third-order valence-corrected chi connectivity index (χ3v) is 0.934. The number of amidine groups is 1. The minimum absolute atomic E-state index is 0.483. The first kappa shape index (κ1) is 9.14. The van der Waals surface area contributed by atoms with Crippen LogP contribution in [0.5, 0.6) is 0 Å². The Morgan fingerprint density at radius 3 is 2.50 bits per heavy atom. The molecule has 10 heavy (non-hydrogen) atoms. The molecular formula is C7H15N3. The Balaban J connectivity index is 3.54. The van der Waals surface area contributed by atoms with Gasteiger partial charge in [-0.25, -0.2) is 0 Å². The van der Waals surface area contributed by atoms with Crippen molar-refractivity contribution in [3.8, 4) is 0 Å². The topological polar surface area (TPSA) is 36.8 Å². The van der Waals surface area contributed by atoms with Gasteiger partial charge in [0.05, 0.1) is 0 Å². The van der Waals surface area contributed by atoms with Gasteiger partial charge in [-0.1, -0.05) is 13.8 Å². The Morgan fingerprint density at radius 2 is 2.10 bits per heavy atom. The first-order valence-corrected chi connectivity index (χ1v) is 3.39. The Hall–Kier alpha value is -0.860. The minimum Gasteiger partial charge on any atom is -0.275 e. The number of nitrogens with one attached hydrogen (secondary N) is 1. The van der Waals surface area contributed by atoms with E-state index in [0.29, 0.717) is 5.92 Å². The predicted octanol–water partition coefficient (Wildman–Crippen LogP) is 1.27. The number of hydrogen-bond donors (Lipinski definition) is 1. The van der Waals surface area contributed by atoms with Gasteiger partial charge in [0.25, 0.3) is 0 Å². The van der Waals surface area contributed by atoms with Gasteiger partial charge in [0.2, 0.25) is 0 Å². The first-order chi connectivity index (χ1) is 4.66. The maximum atomic E-state index is 3.94. The molecule has 0 atom stereocenters. The maximum Gasteiger partial charge on any atom is 0.113 e. The summed E-state index contributed by atoms with van der Waals surface area (Å²) in [6.07, 6.45) is 1.84. The molecule has 0 rings (SSSR count). The average molecular weight is 141 g/mol. The zero-order valence-electron chi connectivity index (χ0n) is 7.05. The summed E-state index contributed by atoms with van der Waals surface area (Å²) in [4.78, 5) is 3.88. The van der Waals surface area contributed by atoms with E-state index in [9.17, 15) is 0 Å². The summed E-state index contributed by atoms with van der Waals surface area (Å²) in [7, 11) is 1.73. The summed E-state index contributed by atoms with van der Waals surface area (Å²) < 4.78 is 0. The molecule has 0 aromatic carbocycles. The lowest BCUT2D eigenvalue weighted by Gasteiger charge is -1.96. The summed E-state index contributed by atoms with van der Waals surface area (Å²) in [5.41, 5.74) is 2.78. The quantitative estimate of drug-likeness (QED) is 0.351. The zero-order chi connectivity index (χ0) is 7.98. The molecule has 0 heterocycles. The molecule has 0 saturated heterocycles. The minimum atomic E-state index is 0.483. The number of nitrogens with zero attached hydrogens (tertiary/aromatic N) is 2. The van der Waals surface area contributed by atoms with Gasteiger partial charge in [0.15, 0.2) is 0 Å². The molecule has 0 aliphatic rings. The van der Waals surface area contributed by atoms with Crippen LogP contribution in [0, 0.1) is 5.92 Å². The van der Waals surface area contributed by atoms with Crippen molar-refractivity contribution in [2.24, 2.45) is 16.0 Å². The van der Waals surface area contributed by atoms with Crippen LogP contribution in [0.3, 0.4) is 0 Å². The smallest absolute Gasteiger partial charge is 0.113 e. The normalized spacial score (nSPS) is 13.1. The third-order valence-electron chi connectivity index (χ3n) is 0.934. The van der Waals surface area contributed by atoms with E-state index in [1.54, 1.807) is 7.05 Å². The summed E-state index contributed by atoms with van der Waals surface area (Å²) in [5, 5.41) is 3.94. The van der Waals surface area contributed by atoms with Crippen molar-refractivity contribution in [2.75, 3.05) is 7.05 Å². The fourth-order valence-corrected chi connectivity index (χ4v) is 0.330. The van der Waals surface area contributed by atoms with Crippen molar-refractivity contribution in [1.29, 1.82) is 0 Å². The standard InChI is InChI=1S/C7H15N3/c1-6(2)5-9-10-7(3)8-4/h5-6H,1-4H3,(H,8,10)/b9-5+. The highest BCUT2D eigenvalue weighted by Crippen LogP contribution is 1.82. The molecular weight excluding hydrogens is 126 g/mol. The van der Waals surface area contributed by atoms with Crippen molar-refractivity contribution in [1.82, 2.24) is 5.43 Å². The molecule has 0 radical (unpaired) electrons. The largest absolute Gasteiger partial charge is 0.275 e. The highest BCUT2D eigenvalue weighted by Gasteiger charge is 1.84. The van der Waals surface area contributed by atoms with E-state index < -0.39 is 0 Å². The molecule has 0 aromatic rings. The number of rotatable bonds is 2. The Bertz CT molecular complexity index is 136. The molecule has 0 aliphatic heterocycles. The molecule has 0 spiro atoms. The number of aliphatic imine (C=N–C) groups is 1. The zero-order valence-corrected chi connectivity index (χ0v) is 7.05. The molecule has 0 unspecified atom stereocenters. The van der Waals surface area contributed by atoms with Crippen LogP contribution in [0.25, 0.3) is 0 Å². The van der Waals surface area contributed by atoms with Crippen LogP contribution < -0.4 is 5.43 Å². The summed E-state index contributed by atoms with van der Waals surface area (Å²) in [5.74, 6) is 1.31. The third kappa shape index (κ3) is 5.28. The molecule has 0 fully saturated rings. The monoisotopic (exact) mass is 141 g/mol. The number of hydrogen-bond acceptors (Lipinski definition) is 2. The molecule has 1 N–H and O–H groups in total. The van der Waals surface area contributed by atoms with Crippen LogP contribution in [0.4, 0.5) is 0 Å². The number of hydrazone groups is 1. The van der Waals surface area contributed by atoms with Crippen LogP contribution in [0.15, 0.2) is 10.1 Å². The van der Waals surface area contributed by atoms with E-state index in [0.717, 1.165) is 5.84 Å². The van der Waals surface area contributed by atoms with Crippen molar-refractivity contribution >= 4 is 12.1 Å². The van der Waals surface area contributed by atoms with E-state index in [-0.39, 0.29) is 0 Å². The average Bonchev–Trinajstić information content (AvgIpc) is 1.87. The summed E-state index contributed by atoms with van der Waals surface area (Å²) in [6, 6.07) is 0. The van der Waals surface area contributed by atoms with Gasteiger partial charge in [0, 0.05) is 13.3 Å². The van der Waals surface area contributed by atoms with Crippen LogP contribution in [0.2, 0.25) is 0 Å². The van der Waals surface area contributed by atoms with Gasteiger partial charge < -0.3 is 0 Å². The lowest BCUT2D eigenvalue weighted by atomic mass is 10.3. The molecule has 0 saturated carbocycles. The lowest BCUT2D eigenvalue weighted by molar-refractivity contribution is 0.882. The van der Waals surface area contributed by atoms with Crippen molar-refractivity contribution < 1.29 is 0 Å². The van der Waals surface area contributed by atoms with E-state index in [2.05, 4.69) is 29.4 Å². The SMILES string of the molecule is CN=C(C)N/N=C/C(C)C.